The minimum atomic E-state index is 0.759. The van der Waals surface area contributed by atoms with Crippen LogP contribution in [0, 0.1) is 6.92 Å². The highest BCUT2D eigenvalue weighted by Crippen LogP contribution is 2.14. The predicted octanol–water partition coefficient (Wildman–Crippen LogP) is 3.78. The fraction of sp³-hybridized carbons (Fsp3) is 0.0714. The van der Waals surface area contributed by atoms with Crippen LogP contribution in [0.5, 0.6) is 0 Å². The van der Waals surface area contributed by atoms with Crippen molar-refractivity contribution in [3.05, 3.63) is 65.7 Å². The van der Waals surface area contributed by atoms with Crippen LogP contribution in [-0.4, -0.2) is 4.99 Å². The summed E-state index contributed by atoms with van der Waals surface area (Å²) in [5, 5.41) is 3.26. The Hall–Kier alpha value is -1.67. The number of thiocarbonyl (C=S) groups is 1. The van der Waals surface area contributed by atoms with Gasteiger partial charge in [-0.25, -0.2) is 0 Å². The molecule has 1 N–H and O–H groups in total. The molecule has 0 fully saturated rings. The summed E-state index contributed by atoms with van der Waals surface area (Å²) >= 11 is 5.35. The number of para-hydroxylation sites is 1. The third-order valence-electron chi connectivity index (χ3n) is 2.43. The molecule has 2 heteroatoms. The zero-order valence-electron chi connectivity index (χ0n) is 9.10. The van der Waals surface area contributed by atoms with E-state index in [0.717, 1.165) is 16.2 Å². The van der Waals surface area contributed by atoms with Gasteiger partial charge in [0.25, 0.3) is 0 Å². The van der Waals surface area contributed by atoms with Crippen molar-refractivity contribution in [2.24, 2.45) is 0 Å². The Kier molecular flexibility index (Phi) is 3.32. The molecule has 0 aliphatic heterocycles. The normalized spacial score (nSPS) is 9.81. The quantitative estimate of drug-likeness (QED) is 0.783. The predicted molar refractivity (Wildman–Crippen MR) is 72.9 cm³/mol. The molecular weight excluding hydrogens is 214 g/mol. The molecule has 0 radical (unpaired) electrons. The highest BCUT2D eigenvalue weighted by atomic mass is 32.1. The van der Waals surface area contributed by atoms with Crippen molar-refractivity contribution in [1.82, 2.24) is 0 Å². The van der Waals surface area contributed by atoms with E-state index in [1.54, 1.807) is 0 Å². The van der Waals surface area contributed by atoms with E-state index in [2.05, 4.69) is 18.3 Å². The van der Waals surface area contributed by atoms with Crippen molar-refractivity contribution >= 4 is 22.9 Å². The van der Waals surface area contributed by atoms with Crippen molar-refractivity contribution in [3.8, 4) is 0 Å². The Balaban J connectivity index is 2.18. The molecule has 16 heavy (non-hydrogen) atoms. The van der Waals surface area contributed by atoms with E-state index in [4.69, 9.17) is 12.2 Å². The molecule has 0 bridgehead atoms. The van der Waals surface area contributed by atoms with Crippen LogP contribution in [0.1, 0.15) is 11.1 Å². The van der Waals surface area contributed by atoms with Gasteiger partial charge in [0.05, 0.1) is 0 Å². The lowest BCUT2D eigenvalue weighted by Gasteiger charge is -2.10. The molecule has 0 saturated carbocycles. The lowest BCUT2D eigenvalue weighted by atomic mass is 10.2. The summed E-state index contributed by atoms with van der Waals surface area (Å²) in [7, 11) is 0. The SMILES string of the molecule is Cc1ccccc1NC(=S)c1ccccc1. The molecule has 0 unspecified atom stereocenters. The van der Waals surface area contributed by atoms with Gasteiger partial charge in [-0.1, -0.05) is 60.7 Å². The molecule has 80 valence electrons. The first-order valence-electron chi connectivity index (χ1n) is 5.19. The summed E-state index contributed by atoms with van der Waals surface area (Å²) in [6.45, 7) is 2.07. The zero-order valence-corrected chi connectivity index (χ0v) is 9.92. The molecule has 0 heterocycles. The van der Waals surface area contributed by atoms with Crippen molar-refractivity contribution < 1.29 is 0 Å². The van der Waals surface area contributed by atoms with Gasteiger partial charge in [0.15, 0.2) is 0 Å². The van der Waals surface area contributed by atoms with Crippen molar-refractivity contribution in [3.63, 3.8) is 0 Å². The third kappa shape index (κ3) is 2.47. The van der Waals surface area contributed by atoms with Crippen molar-refractivity contribution in [1.29, 1.82) is 0 Å². The Bertz CT molecular complexity index is 491. The number of rotatable bonds is 2. The van der Waals surface area contributed by atoms with Crippen LogP contribution in [0.15, 0.2) is 54.6 Å². The Morgan fingerprint density at radius 1 is 0.938 bits per heavy atom. The molecule has 0 aromatic heterocycles. The summed E-state index contributed by atoms with van der Waals surface area (Å²) in [5.74, 6) is 0. The molecular formula is C14H13NS. The molecule has 0 atom stereocenters. The van der Waals surface area contributed by atoms with E-state index in [0.29, 0.717) is 0 Å². The average molecular weight is 227 g/mol. The fourth-order valence-electron chi connectivity index (χ4n) is 1.50. The van der Waals surface area contributed by atoms with Gasteiger partial charge in [-0.15, -0.1) is 0 Å². The van der Waals surface area contributed by atoms with Crippen LogP contribution >= 0.6 is 12.2 Å². The van der Waals surface area contributed by atoms with Crippen molar-refractivity contribution in [2.45, 2.75) is 6.92 Å². The molecule has 0 aliphatic rings. The summed E-state index contributed by atoms with van der Waals surface area (Å²) < 4.78 is 0. The molecule has 0 aliphatic carbocycles. The average Bonchev–Trinajstić information content (AvgIpc) is 2.33. The van der Waals surface area contributed by atoms with Gasteiger partial charge in [0, 0.05) is 11.3 Å². The molecule has 2 aromatic carbocycles. The van der Waals surface area contributed by atoms with Gasteiger partial charge < -0.3 is 5.32 Å². The van der Waals surface area contributed by atoms with Gasteiger partial charge >= 0.3 is 0 Å². The maximum Gasteiger partial charge on any atom is 0.110 e. The lowest BCUT2D eigenvalue weighted by molar-refractivity contribution is 1.46. The molecule has 0 spiro atoms. The van der Waals surface area contributed by atoms with Gasteiger partial charge in [-0.2, -0.15) is 0 Å². The first kappa shape index (κ1) is 10.8. The second-order valence-corrected chi connectivity index (χ2v) is 4.04. The zero-order chi connectivity index (χ0) is 11.4. The first-order valence-corrected chi connectivity index (χ1v) is 5.60. The number of nitrogens with one attached hydrogen (secondary N) is 1. The van der Waals surface area contributed by atoms with E-state index >= 15 is 0 Å². The lowest BCUT2D eigenvalue weighted by Crippen LogP contribution is -2.10. The van der Waals surface area contributed by atoms with Gasteiger partial charge in [-0.05, 0) is 18.6 Å². The van der Waals surface area contributed by atoms with E-state index < -0.39 is 0 Å². The minimum absolute atomic E-state index is 0.759. The third-order valence-corrected chi connectivity index (χ3v) is 2.77. The maximum atomic E-state index is 5.35. The van der Waals surface area contributed by atoms with Crippen LogP contribution in [0.25, 0.3) is 0 Å². The maximum absolute atomic E-state index is 5.35. The molecule has 0 saturated heterocycles. The van der Waals surface area contributed by atoms with E-state index in [9.17, 15) is 0 Å². The Labute approximate surface area is 101 Å². The Morgan fingerprint density at radius 2 is 1.56 bits per heavy atom. The first-order chi connectivity index (χ1) is 7.77. The van der Waals surface area contributed by atoms with Crippen molar-refractivity contribution in [2.75, 3.05) is 5.32 Å². The summed E-state index contributed by atoms with van der Waals surface area (Å²) in [6.07, 6.45) is 0. The van der Waals surface area contributed by atoms with Gasteiger partial charge in [-0.3, -0.25) is 0 Å². The molecule has 2 aromatic rings. The van der Waals surface area contributed by atoms with Crippen LogP contribution in [0.3, 0.4) is 0 Å². The van der Waals surface area contributed by atoms with E-state index in [1.165, 1.54) is 5.56 Å². The second-order valence-electron chi connectivity index (χ2n) is 3.64. The van der Waals surface area contributed by atoms with Gasteiger partial charge in [0.2, 0.25) is 0 Å². The van der Waals surface area contributed by atoms with Crippen LogP contribution < -0.4 is 5.32 Å². The summed E-state index contributed by atoms with van der Waals surface area (Å²) in [6, 6.07) is 18.1. The van der Waals surface area contributed by atoms with Gasteiger partial charge in [0.1, 0.15) is 4.99 Å². The molecule has 2 rings (SSSR count). The number of anilines is 1. The number of aryl methyl sites for hydroxylation is 1. The monoisotopic (exact) mass is 227 g/mol. The van der Waals surface area contributed by atoms with Crippen LogP contribution in [0.2, 0.25) is 0 Å². The second kappa shape index (κ2) is 4.90. The largest absolute Gasteiger partial charge is 0.346 e. The minimum Gasteiger partial charge on any atom is -0.346 e. The fourth-order valence-corrected chi connectivity index (χ4v) is 1.74. The molecule has 0 amide bonds. The highest BCUT2D eigenvalue weighted by molar-refractivity contribution is 7.81. The standard InChI is InChI=1S/C14H13NS/c1-11-7-5-6-10-13(11)15-14(16)12-8-3-2-4-9-12/h2-10H,1H3,(H,15,16). The number of benzene rings is 2. The topological polar surface area (TPSA) is 12.0 Å². The van der Waals surface area contributed by atoms with E-state index in [-0.39, 0.29) is 0 Å². The Morgan fingerprint density at radius 3 is 2.25 bits per heavy atom. The van der Waals surface area contributed by atoms with Crippen LogP contribution in [0.4, 0.5) is 5.69 Å². The summed E-state index contributed by atoms with van der Waals surface area (Å²) in [4.78, 5) is 0.759. The summed E-state index contributed by atoms with van der Waals surface area (Å²) in [5.41, 5.74) is 3.30. The molecule has 1 nitrogen and oxygen atoms in total. The number of hydrogen-bond donors (Lipinski definition) is 1. The number of hydrogen-bond acceptors (Lipinski definition) is 1. The smallest absolute Gasteiger partial charge is 0.110 e. The van der Waals surface area contributed by atoms with E-state index in [1.807, 2.05) is 48.5 Å². The van der Waals surface area contributed by atoms with Crippen LogP contribution in [-0.2, 0) is 0 Å². The highest BCUT2D eigenvalue weighted by Gasteiger charge is 2.01.